The van der Waals surface area contributed by atoms with Crippen molar-refractivity contribution in [1.29, 1.82) is 0 Å². The number of hydrogen-bond donors (Lipinski definition) is 2. The summed E-state index contributed by atoms with van der Waals surface area (Å²) >= 11 is 0. The van der Waals surface area contributed by atoms with Gasteiger partial charge < -0.3 is 4.74 Å². The van der Waals surface area contributed by atoms with Crippen molar-refractivity contribution in [2.24, 2.45) is 5.84 Å². The van der Waals surface area contributed by atoms with Crippen LogP contribution in [0.5, 0.6) is 0 Å². The van der Waals surface area contributed by atoms with Gasteiger partial charge in [0.2, 0.25) is 5.91 Å². The van der Waals surface area contributed by atoms with E-state index >= 15 is 0 Å². The summed E-state index contributed by atoms with van der Waals surface area (Å²) < 4.78 is 5.47. The van der Waals surface area contributed by atoms with Crippen LogP contribution >= 0.6 is 0 Å². The molecule has 3 N–H and O–H groups in total. The Balaban J connectivity index is 1.98. The summed E-state index contributed by atoms with van der Waals surface area (Å²) in [6.07, 6.45) is 2.14. The number of amides is 1. The maximum absolute atomic E-state index is 10.8. The van der Waals surface area contributed by atoms with Gasteiger partial charge in [0.05, 0.1) is 6.61 Å². The highest BCUT2D eigenvalue weighted by molar-refractivity contribution is 5.74. The predicted octanol–water partition coefficient (Wildman–Crippen LogP) is 1.36. The molecule has 0 saturated carbocycles. The molecule has 0 bridgehead atoms. The number of hydrazine groups is 1. The van der Waals surface area contributed by atoms with E-state index in [1.54, 1.807) is 0 Å². The van der Waals surface area contributed by atoms with Gasteiger partial charge in [-0.05, 0) is 18.4 Å². The summed E-state index contributed by atoms with van der Waals surface area (Å²) in [5.41, 5.74) is 3.27. The number of rotatable bonds is 7. The van der Waals surface area contributed by atoms with Crippen molar-refractivity contribution in [2.45, 2.75) is 25.9 Å². The van der Waals surface area contributed by atoms with Gasteiger partial charge >= 0.3 is 0 Å². The Morgan fingerprint density at radius 3 is 2.69 bits per heavy atom. The number of nitrogens with two attached hydrogens (primary N) is 1. The molecule has 16 heavy (non-hydrogen) atoms. The van der Waals surface area contributed by atoms with E-state index in [2.05, 4.69) is 5.43 Å². The standard InChI is InChI=1S/C12H18N2O2/c13-14-12(15)8-4-5-9-16-10-11-6-2-1-3-7-11/h1-3,6-7H,4-5,8-10,13H2,(H,14,15). The van der Waals surface area contributed by atoms with E-state index in [-0.39, 0.29) is 5.91 Å². The summed E-state index contributed by atoms with van der Waals surface area (Å²) in [6, 6.07) is 10.0. The average Bonchev–Trinajstić information content (AvgIpc) is 2.34. The molecule has 0 fully saturated rings. The van der Waals surface area contributed by atoms with Crippen LogP contribution in [0.15, 0.2) is 30.3 Å². The maximum atomic E-state index is 10.8. The quantitative estimate of drug-likeness (QED) is 0.317. The van der Waals surface area contributed by atoms with Crippen LogP contribution in [0.3, 0.4) is 0 Å². The molecule has 0 saturated heterocycles. The molecule has 0 unspecified atom stereocenters. The van der Waals surface area contributed by atoms with Gasteiger partial charge in [-0.3, -0.25) is 10.2 Å². The van der Waals surface area contributed by atoms with Crippen molar-refractivity contribution in [1.82, 2.24) is 5.43 Å². The van der Waals surface area contributed by atoms with Crippen LogP contribution in [0.1, 0.15) is 24.8 Å². The fraction of sp³-hybridized carbons (Fsp3) is 0.417. The lowest BCUT2D eigenvalue weighted by Gasteiger charge is -2.04. The second-order valence-corrected chi connectivity index (χ2v) is 3.56. The van der Waals surface area contributed by atoms with Crippen molar-refractivity contribution in [2.75, 3.05) is 6.61 Å². The summed E-state index contributed by atoms with van der Waals surface area (Å²) in [4.78, 5) is 10.8. The third kappa shape index (κ3) is 5.48. The van der Waals surface area contributed by atoms with Crippen LogP contribution in [0.4, 0.5) is 0 Å². The Bertz CT molecular complexity index is 301. The summed E-state index contributed by atoms with van der Waals surface area (Å²) in [5.74, 6) is 4.84. The molecule has 0 aliphatic carbocycles. The highest BCUT2D eigenvalue weighted by atomic mass is 16.5. The van der Waals surface area contributed by atoms with Crippen LogP contribution < -0.4 is 11.3 Å². The van der Waals surface area contributed by atoms with Crippen LogP contribution in [-0.2, 0) is 16.1 Å². The number of carbonyl (C=O) groups is 1. The zero-order chi connectivity index (χ0) is 11.6. The van der Waals surface area contributed by atoms with Crippen LogP contribution in [0.2, 0.25) is 0 Å². The smallest absolute Gasteiger partial charge is 0.233 e. The maximum Gasteiger partial charge on any atom is 0.233 e. The van der Waals surface area contributed by atoms with Gasteiger partial charge in [-0.2, -0.15) is 0 Å². The van der Waals surface area contributed by atoms with Crippen molar-refractivity contribution >= 4 is 5.91 Å². The third-order valence-corrected chi connectivity index (χ3v) is 2.22. The molecule has 0 heterocycles. The Morgan fingerprint density at radius 1 is 1.25 bits per heavy atom. The molecule has 1 amide bonds. The van der Waals surface area contributed by atoms with E-state index < -0.39 is 0 Å². The topological polar surface area (TPSA) is 64.3 Å². The van der Waals surface area contributed by atoms with Crippen LogP contribution in [-0.4, -0.2) is 12.5 Å². The molecular formula is C12H18N2O2. The number of hydrogen-bond acceptors (Lipinski definition) is 3. The van der Waals surface area contributed by atoms with E-state index in [0.29, 0.717) is 19.6 Å². The first-order valence-electron chi connectivity index (χ1n) is 5.44. The average molecular weight is 222 g/mol. The van der Waals surface area contributed by atoms with Gasteiger partial charge in [-0.25, -0.2) is 5.84 Å². The minimum atomic E-state index is -0.122. The number of benzene rings is 1. The molecule has 0 radical (unpaired) electrons. The zero-order valence-electron chi connectivity index (χ0n) is 9.32. The van der Waals surface area contributed by atoms with Crippen molar-refractivity contribution in [3.05, 3.63) is 35.9 Å². The van der Waals surface area contributed by atoms with Gasteiger partial charge in [0.1, 0.15) is 0 Å². The van der Waals surface area contributed by atoms with Gasteiger partial charge in [-0.15, -0.1) is 0 Å². The zero-order valence-corrected chi connectivity index (χ0v) is 9.32. The first-order valence-corrected chi connectivity index (χ1v) is 5.44. The molecule has 1 aromatic carbocycles. The Morgan fingerprint density at radius 2 is 2.00 bits per heavy atom. The molecule has 0 atom stereocenters. The van der Waals surface area contributed by atoms with E-state index in [9.17, 15) is 4.79 Å². The fourth-order valence-electron chi connectivity index (χ4n) is 1.33. The van der Waals surface area contributed by atoms with E-state index in [1.165, 1.54) is 5.56 Å². The molecule has 0 aliphatic heterocycles. The normalized spacial score (nSPS) is 10.1. The molecule has 88 valence electrons. The monoisotopic (exact) mass is 222 g/mol. The van der Waals surface area contributed by atoms with Crippen LogP contribution in [0.25, 0.3) is 0 Å². The molecule has 0 aliphatic rings. The Kier molecular flexibility index (Phi) is 6.22. The van der Waals surface area contributed by atoms with Crippen LogP contribution in [0, 0.1) is 0 Å². The van der Waals surface area contributed by atoms with Crippen molar-refractivity contribution in [3.8, 4) is 0 Å². The minimum Gasteiger partial charge on any atom is -0.377 e. The molecule has 4 nitrogen and oxygen atoms in total. The second kappa shape index (κ2) is 7.84. The SMILES string of the molecule is NNC(=O)CCCCOCc1ccccc1. The molecule has 0 spiro atoms. The molecule has 0 aromatic heterocycles. The number of ether oxygens (including phenoxy) is 1. The summed E-state index contributed by atoms with van der Waals surface area (Å²) in [5, 5.41) is 0. The molecule has 4 heteroatoms. The largest absolute Gasteiger partial charge is 0.377 e. The van der Waals surface area contributed by atoms with E-state index in [0.717, 1.165) is 12.8 Å². The first kappa shape index (κ1) is 12.7. The lowest BCUT2D eigenvalue weighted by molar-refractivity contribution is -0.121. The number of carbonyl (C=O) groups excluding carboxylic acids is 1. The molecule has 1 aromatic rings. The first-order chi connectivity index (χ1) is 7.83. The van der Waals surface area contributed by atoms with E-state index in [4.69, 9.17) is 10.6 Å². The number of unbranched alkanes of at least 4 members (excludes halogenated alkanes) is 1. The minimum absolute atomic E-state index is 0.122. The van der Waals surface area contributed by atoms with Crippen molar-refractivity contribution < 1.29 is 9.53 Å². The van der Waals surface area contributed by atoms with Crippen molar-refractivity contribution in [3.63, 3.8) is 0 Å². The summed E-state index contributed by atoms with van der Waals surface area (Å²) in [6.45, 7) is 1.30. The van der Waals surface area contributed by atoms with E-state index in [1.807, 2.05) is 30.3 Å². The predicted molar refractivity (Wildman–Crippen MR) is 62.3 cm³/mol. The lowest BCUT2D eigenvalue weighted by atomic mass is 10.2. The number of nitrogens with one attached hydrogen (secondary N) is 1. The lowest BCUT2D eigenvalue weighted by Crippen LogP contribution is -2.29. The molecule has 1 rings (SSSR count). The Hall–Kier alpha value is -1.39. The third-order valence-electron chi connectivity index (χ3n) is 2.22. The van der Waals surface area contributed by atoms with Gasteiger partial charge in [-0.1, -0.05) is 30.3 Å². The van der Waals surface area contributed by atoms with Gasteiger partial charge in [0, 0.05) is 13.0 Å². The second-order valence-electron chi connectivity index (χ2n) is 3.56. The highest BCUT2D eigenvalue weighted by Crippen LogP contribution is 2.02. The Labute approximate surface area is 95.8 Å². The molecular weight excluding hydrogens is 204 g/mol. The van der Waals surface area contributed by atoms with Gasteiger partial charge in [0.25, 0.3) is 0 Å². The highest BCUT2D eigenvalue weighted by Gasteiger charge is 1.97. The fourth-order valence-corrected chi connectivity index (χ4v) is 1.33. The summed E-state index contributed by atoms with van der Waals surface area (Å²) in [7, 11) is 0. The van der Waals surface area contributed by atoms with Gasteiger partial charge in [0.15, 0.2) is 0 Å².